The van der Waals surface area contributed by atoms with E-state index in [1.54, 1.807) is 6.20 Å². The minimum Gasteiger partial charge on any atom is -0.366 e. The van der Waals surface area contributed by atoms with Gasteiger partial charge in [-0.05, 0) is 43.2 Å². The molecule has 0 aliphatic rings. The summed E-state index contributed by atoms with van der Waals surface area (Å²) >= 11 is 3.47. The van der Waals surface area contributed by atoms with E-state index < -0.39 is 5.91 Å². The van der Waals surface area contributed by atoms with Crippen molar-refractivity contribution in [3.8, 4) is 11.1 Å². The van der Waals surface area contributed by atoms with Crippen molar-refractivity contribution in [1.29, 1.82) is 0 Å². The maximum absolute atomic E-state index is 12.3. The maximum atomic E-state index is 12.3. The summed E-state index contributed by atoms with van der Waals surface area (Å²) in [6.45, 7) is 4.73. The van der Waals surface area contributed by atoms with Gasteiger partial charge in [0.15, 0.2) is 0 Å². The van der Waals surface area contributed by atoms with Crippen molar-refractivity contribution in [3.63, 3.8) is 0 Å². The van der Waals surface area contributed by atoms with Gasteiger partial charge >= 0.3 is 0 Å². The van der Waals surface area contributed by atoms with Gasteiger partial charge in [0.25, 0.3) is 5.91 Å². The van der Waals surface area contributed by atoms with Gasteiger partial charge in [-0.1, -0.05) is 47.5 Å². The van der Waals surface area contributed by atoms with E-state index in [9.17, 15) is 4.79 Å². The predicted molar refractivity (Wildman–Crippen MR) is 108 cm³/mol. The van der Waals surface area contributed by atoms with E-state index in [-0.39, 0.29) is 0 Å². The summed E-state index contributed by atoms with van der Waals surface area (Å²) in [5.41, 5.74) is 11.3. The van der Waals surface area contributed by atoms with Crippen LogP contribution >= 0.6 is 15.9 Å². The molecule has 134 valence electrons. The first-order chi connectivity index (χ1) is 12.5. The van der Waals surface area contributed by atoms with Crippen molar-refractivity contribution < 1.29 is 4.79 Å². The molecule has 0 saturated heterocycles. The molecule has 0 aliphatic heterocycles. The SMILES string of the molecule is CCCc1c(-c2ccc(Br)cc2)c(C(N)=O)c(C)n1Cc1ccccn1. The summed E-state index contributed by atoms with van der Waals surface area (Å²) in [6, 6.07) is 13.9. The van der Waals surface area contributed by atoms with Crippen molar-refractivity contribution in [2.24, 2.45) is 5.73 Å². The van der Waals surface area contributed by atoms with E-state index in [1.807, 2.05) is 49.4 Å². The topological polar surface area (TPSA) is 60.9 Å². The minimum absolute atomic E-state index is 0.391. The molecule has 0 radical (unpaired) electrons. The fourth-order valence-electron chi connectivity index (χ4n) is 3.39. The van der Waals surface area contributed by atoms with Crippen LogP contribution in [0.4, 0.5) is 0 Å². The molecule has 26 heavy (non-hydrogen) atoms. The van der Waals surface area contributed by atoms with Gasteiger partial charge in [0.1, 0.15) is 0 Å². The number of hydrogen-bond acceptors (Lipinski definition) is 2. The lowest BCUT2D eigenvalue weighted by Gasteiger charge is -2.12. The van der Waals surface area contributed by atoms with Gasteiger partial charge in [-0.15, -0.1) is 0 Å². The number of aromatic nitrogens is 2. The Morgan fingerprint density at radius 3 is 2.50 bits per heavy atom. The second kappa shape index (κ2) is 7.87. The molecule has 0 spiro atoms. The van der Waals surface area contributed by atoms with Crippen LogP contribution in [-0.4, -0.2) is 15.5 Å². The van der Waals surface area contributed by atoms with Gasteiger partial charge in [0.05, 0.1) is 17.8 Å². The maximum Gasteiger partial charge on any atom is 0.251 e. The zero-order chi connectivity index (χ0) is 18.7. The number of rotatable bonds is 6. The molecule has 4 nitrogen and oxygen atoms in total. The average Bonchev–Trinajstić information content (AvgIpc) is 2.90. The first-order valence-corrected chi connectivity index (χ1v) is 9.49. The third-order valence-electron chi connectivity index (χ3n) is 4.54. The number of amides is 1. The first kappa shape index (κ1) is 18.4. The Balaban J connectivity index is 2.22. The molecular formula is C21H22BrN3O. The van der Waals surface area contributed by atoms with Crippen LogP contribution in [0.1, 0.15) is 40.8 Å². The van der Waals surface area contributed by atoms with Crippen molar-refractivity contribution in [2.75, 3.05) is 0 Å². The van der Waals surface area contributed by atoms with Crippen LogP contribution in [0.15, 0.2) is 53.1 Å². The van der Waals surface area contributed by atoms with Crippen molar-refractivity contribution in [2.45, 2.75) is 33.2 Å². The number of primary amides is 1. The minimum atomic E-state index is -0.391. The molecular weight excluding hydrogens is 390 g/mol. The lowest BCUT2D eigenvalue weighted by atomic mass is 9.98. The molecule has 3 aromatic rings. The number of hydrogen-bond donors (Lipinski definition) is 1. The molecule has 0 bridgehead atoms. The molecule has 1 aromatic carbocycles. The van der Waals surface area contributed by atoms with E-state index in [4.69, 9.17) is 5.73 Å². The second-order valence-corrected chi connectivity index (χ2v) is 7.23. The van der Waals surface area contributed by atoms with E-state index in [0.717, 1.165) is 45.5 Å². The zero-order valence-electron chi connectivity index (χ0n) is 15.0. The number of nitrogens with two attached hydrogens (primary N) is 1. The largest absolute Gasteiger partial charge is 0.366 e. The van der Waals surface area contributed by atoms with Crippen LogP contribution in [0.25, 0.3) is 11.1 Å². The summed E-state index contributed by atoms with van der Waals surface area (Å²) in [5, 5.41) is 0. The monoisotopic (exact) mass is 411 g/mol. The highest BCUT2D eigenvalue weighted by Gasteiger charge is 2.24. The van der Waals surface area contributed by atoms with Gasteiger partial charge in [0.2, 0.25) is 0 Å². The molecule has 2 heterocycles. The van der Waals surface area contributed by atoms with Gasteiger partial charge in [-0.25, -0.2) is 0 Å². The Bertz CT molecular complexity index is 915. The number of benzene rings is 1. The number of carbonyl (C=O) groups excluding carboxylic acids is 1. The van der Waals surface area contributed by atoms with Crippen LogP contribution in [0.2, 0.25) is 0 Å². The third-order valence-corrected chi connectivity index (χ3v) is 5.07. The zero-order valence-corrected chi connectivity index (χ0v) is 16.6. The molecule has 5 heteroatoms. The Hall–Kier alpha value is -2.40. The van der Waals surface area contributed by atoms with Crippen LogP contribution in [-0.2, 0) is 13.0 Å². The summed E-state index contributed by atoms with van der Waals surface area (Å²) in [6.07, 6.45) is 3.64. The van der Waals surface area contributed by atoms with E-state index in [2.05, 4.69) is 32.4 Å². The fraction of sp³-hybridized carbons (Fsp3) is 0.238. The summed E-state index contributed by atoms with van der Waals surface area (Å²) in [7, 11) is 0. The molecule has 1 amide bonds. The lowest BCUT2D eigenvalue weighted by Crippen LogP contribution is -2.13. The van der Waals surface area contributed by atoms with Gasteiger partial charge in [0, 0.05) is 27.6 Å². The molecule has 2 aromatic heterocycles. The Labute approximate surface area is 162 Å². The highest BCUT2D eigenvalue weighted by molar-refractivity contribution is 9.10. The molecule has 0 unspecified atom stereocenters. The van der Waals surface area contributed by atoms with Crippen molar-refractivity contribution in [1.82, 2.24) is 9.55 Å². The molecule has 0 saturated carbocycles. The predicted octanol–water partition coefficient (Wildman–Crippen LogP) is 4.72. The molecule has 0 aliphatic carbocycles. The van der Waals surface area contributed by atoms with Crippen LogP contribution in [0.3, 0.4) is 0 Å². The first-order valence-electron chi connectivity index (χ1n) is 8.70. The van der Waals surface area contributed by atoms with Crippen LogP contribution in [0, 0.1) is 6.92 Å². The number of nitrogens with zero attached hydrogens (tertiary/aromatic N) is 2. The van der Waals surface area contributed by atoms with Gasteiger partial charge in [-0.3, -0.25) is 9.78 Å². The fourth-order valence-corrected chi connectivity index (χ4v) is 3.66. The Kier molecular flexibility index (Phi) is 5.57. The summed E-state index contributed by atoms with van der Waals surface area (Å²) in [4.78, 5) is 16.7. The highest BCUT2D eigenvalue weighted by Crippen LogP contribution is 2.34. The number of pyridine rings is 1. The van der Waals surface area contributed by atoms with Crippen molar-refractivity contribution >= 4 is 21.8 Å². The second-order valence-electron chi connectivity index (χ2n) is 6.31. The number of carbonyl (C=O) groups is 1. The standard InChI is InChI=1S/C21H22BrN3O/c1-3-6-18-20(15-8-10-16(22)11-9-15)19(21(23)26)14(2)25(18)13-17-7-4-5-12-24-17/h4-5,7-12H,3,6,13H2,1-2H3,(H2,23,26). The van der Waals surface area contributed by atoms with Crippen LogP contribution < -0.4 is 5.73 Å². The highest BCUT2D eigenvalue weighted by atomic mass is 79.9. The molecule has 3 rings (SSSR count). The number of halogens is 1. The van der Waals surface area contributed by atoms with E-state index >= 15 is 0 Å². The van der Waals surface area contributed by atoms with Crippen LogP contribution in [0.5, 0.6) is 0 Å². The Morgan fingerprint density at radius 1 is 1.19 bits per heavy atom. The van der Waals surface area contributed by atoms with Gasteiger partial charge in [-0.2, -0.15) is 0 Å². The molecule has 0 fully saturated rings. The summed E-state index contributed by atoms with van der Waals surface area (Å²) in [5.74, 6) is -0.391. The van der Waals surface area contributed by atoms with Crippen molar-refractivity contribution in [3.05, 3.63) is 75.8 Å². The van der Waals surface area contributed by atoms with E-state index in [1.165, 1.54) is 0 Å². The van der Waals surface area contributed by atoms with E-state index in [0.29, 0.717) is 12.1 Å². The molecule has 2 N–H and O–H groups in total. The quantitative estimate of drug-likeness (QED) is 0.637. The Morgan fingerprint density at radius 2 is 1.92 bits per heavy atom. The lowest BCUT2D eigenvalue weighted by molar-refractivity contribution is 0.1000. The third kappa shape index (κ3) is 3.58. The summed E-state index contributed by atoms with van der Waals surface area (Å²) < 4.78 is 3.19. The molecule has 0 atom stereocenters. The average molecular weight is 412 g/mol. The smallest absolute Gasteiger partial charge is 0.251 e. The van der Waals surface area contributed by atoms with Gasteiger partial charge < -0.3 is 10.3 Å². The normalized spacial score (nSPS) is 10.9.